The lowest BCUT2D eigenvalue weighted by Gasteiger charge is -2.35. The number of aryl methyl sites for hydroxylation is 2. The Morgan fingerprint density at radius 2 is 1.92 bits per heavy atom. The normalized spacial score (nSPS) is 15.9. The largest absolute Gasteiger partial charge is 0.478 e. The van der Waals surface area contributed by atoms with Crippen LogP contribution in [0.2, 0.25) is 0 Å². The van der Waals surface area contributed by atoms with Crippen molar-refractivity contribution in [2.45, 2.75) is 20.4 Å². The van der Waals surface area contributed by atoms with E-state index in [9.17, 15) is 14.7 Å². The SMILES string of the molecule is CCn1c(=O)cc(N2CCN(C)CC2)c2c(C(=O)O)cc(C)nc21. The Balaban J connectivity index is 2.32. The van der Waals surface area contributed by atoms with Crippen LogP contribution < -0.4 is 10.5 Å². The van der Waals surface area contributed by atoms with Crippen molar-refractivity contribution in [2.24, 2.45) is 0 Å². The van der Waals surface area contributed by atoms with Gasteiger partial charge in [-0.25, -0.2) is 9.78 Å². The quantitative estimate of drug-likeness (QED) is 0.910. The third-order valence-corrected chi connectivity index (χ3v) is 4.56. The molecule has 0 radical (unpaired) electrons. The monoisotopic (exact) mass is 330 g/mol. The molecule has 128 valence electrons. The summed E-state index contributed by atoms with van der Waals surface area (Å²) in [6.07, 6.45) is 0. The second-order valence-electron chi connectivity index (χ2n) is 6.22. The van der Waals surface area contributed by atoms with Gasteiger partial charge in [0.2, 0.25) is 0 Å². The van der Waals surface area contributed by atoms with Crippen molar-refractivity contribution >= 4 is 22.7 Å². The number of carboxylic acids is 1. The van der Waals surface area contributed by atoms with E-state index in [1.54, 1.807) is 19.1 Å². The summed E-state index contributed by atoms with van der Waals surface area (Å²) < 4.78 is 1.54. The van der Waals surface area contributed by atoms with Gasteiger partial charge in [0.05, 0.1) is 16.6 Å². The number of hydrogen-bond acceptors (Lipinski definition) is 5. The van der Waals surface area contributed by atoms with Gasteiger partial charge in [0.15, 0.2) is 0 Å². The van der Waals surface area contributed by atoms with Crippen LogP contribution in [0.3, 0.4) is 0 Å². The first-order valence-corrected chi connectivity index (χ1v) is 8.14. The zero-order valence-electron chi connectivity index (χ0n) is 14.2. The van der Waals surface area contributed by atoms with Crippen molar-refractivity contribution < 1.29 is 9.90 Å². The Hall–Kier alpha value is -2.41. The average molecular weight is 330 g/mol. The number of aromatic nitrogens is 2. The van der Waals surface area contributed by atoms with Gasteiger partial charge in [-0.15, -0.1) is 0 Å². The number of likely N-dealkylation sites (N-methyl/N-ethyl adjacent to an activating group) is 1. The summed E-state index contributed by atoms with van der Waals surface area (Å²) in [5, 5.41) is 10.2. The van der Waals surface area contributed by atoms with Crippen LogP contribution in [0.1, 0.15) is 23.0 Å². The molecular weight excluding hydrogens is 308 g/mol. The van der Waals surface area contributed by atoms with Crippen LogP contribution in [0.5, 0.6) is 0 Å². The fraction of sp³-hybridized carbons (Fsp3) is 0.471. The van der Waals surface area contributed by atoms with E-state index < -0.39 is 5.97 Å². The molecule has 24 heavy (non-hydrogen) atoms. The van der Waals surface area contributed by atoms with Crippen molar-refractivity contribution in [2.75, 3.05) is 38.1 Å². The Labute approximate surface area is 140 Å². The molecule has 0 amide bonds. The highest BCUT2D eigenvalue weighted by Gasteiger charge is 2.23. The van der Waals surface area contributed by atoms with E-state index >= 15 is 0 Å². The number of piperazine rings is 1. The Kier molecular flexibility index (Phi) is 4.28. The van der Waals surface area contributed by atoms with E-state index in [1.165, 1.54) is 4.57 Å². The van der Waals surface area contributed by atoms with Crippen LogP contribution in [0.25, 0.3) is 11.0 Å². The molecule has 2 aromatic heterocycles. The van der Waals surface area contributed by atoms with Crippen LogP contribution in [-0.2, 0) is 6.54 Å². The molecule has 1 saturated heterocycles. The zero-order chi connectivity index (χ0) is 17.4. The molecule has 0 aliphatic carbocycles. The van der Waals surface area contributed by atoms with Gasteiger partial charge in [-0.2, -0.15) is 0 Å². The first kappa shape index (κ1) is 16.4. The summed E-state index contributed by atoms with van der Waals surface area (Å²) in [5.74, 6) is -0.998. The van der Waals surface area contributed by atoms with Gasteiger partial charge in [0.1, 0.15) is 5.65 Å². The van der Waals surface area contributed by atoms with Crippen LogP contribution in [0.15, 0.2) is 16.9 Å². The zero-order valence-corrected chi connectivity index (χ0v) is 14.2. The van der Waals surface area contributed by atoms with Gasteiger partial charge in [0, 0.05) is 44.5 Å². The van der Waals surface area contributed by atoms with E-state index in [0.717, 1.165) is 26.2 Å². The molecule has 0 bridgehead atoms. The summed E-state index contributed by atoms with van der Waals surface area (Å²) in [6.45, 7) is 7.33. The number of fused-ring (bicyclic) bond motifs is 1. The number of hydrogen-bond donors (Lipinski definition) is 1. The number of carboxylic acid groups (broad SMARTS) is 1. The Bertz CT molecular complexity index is 851. The molecule has 0 atom stereocenters. The number of rotatable bonds is 3. The summed E-state index contributed by atoms with van der Waals surface area (Å²) in [6, 6.07) is 3.13. The van der Waals surface area contributed by atoms with Gasteiger partial charge in [-0.1, -0.05) is 0 Å². The van der Waals surface area contributed by atoms with Crippen molar-refractivity contribution in [3.05, 3.63) is 33.7 Å². The van der Waals surface area contributed by atoms with Crippen molar-refractivity contribution in [3.63, 3.8) is 0 Å². The lowest BCUT2D eigenvalue weighted by Crippen LogP contribution is -2.45. The molecule has 3 heterocycles. The molecule has 0 unspecified atom stereocenters. The van der Waals surface area contributed by atoms with Crippen LogP contribution in [0.4, 0.5) is 5.69 Å². The van der Waals surface area contributed by atoms with Gasteiger partial charge < -0.3 is 14.9 Å². The molecular formula is C17H22N4O3. The van der Waals surface area contributed by atoms with Crippen LogP contribution >= 0.6 is 0 Å². The van der Waals surface area contributed by atoms with Crippen LogP contribution in [0, 0.1) is 6.92 Å². The third-order valence-electron chi connectivity index (χ3n) is 4.56. The predicted octanol–water partition coefficient (Wildman–Crippen LogP) is 1.17. The summed E-state index contributed by atoms with van der Waals surface area (Å²) in [7, 11) is 2.05. The van der Waals surface area contributed by atoms with Gasteiger partial charge in [0.25, 0.3) is 5.56 Å². The molecule has 7 nitrogen and oxygen atoms in total. The van der Waals surface area contributed by atoms with Gasteiger partial charge >= 0.3 is 5.97 Å². The second kappa shape index (κ2) is 6.24. The minimum Gasteiger partial charge on any atom is -0.478 e. The maximum absolute atomic E-state index is 12.5. The first-order valence-electron chi connectivity index (χ1n) is 8.14. The van der Waals surface area contributed by atoms with Crippen molar-refractivity contribution in [1.29, 1.82) is 0 Å². The fourth-order valence-electron chi connectivity index (χ4n) is 3.25. The van der Waals surface area contributed by atoms with E-state index in [4.69, 9.17) is 0 Å². The topological polar surface area (TPSA) is 78.7 Å². The Morgan fingerprint density at radius 1 is 1.25 bits per heavy atom. The standard InChI is InChI=1S/C17H22N4O3/c1-4-21-14(22)10-13(20-7-5-19(3)6-8-20)15-12(17(23)24)9-11(2)18-16(15)21/h9-10H,4-8H2,1-3H3,(H,23,24). The molecule has 1 aliphatic heterocycles. The molecule has 2 aromatic rings. The maximum atomic E-state index is 12.5. The molecule has 0 aromatic carbocycles. The molecule has 1 aliphatic rings. The number of pyridine rings is 2. The molecule has 7 heteroatoms. The second-order valence-corrected chi connectivity index (χ2v) is 6.22. The van der Waals surface area contributed by atoms with Crippen LogP contribution in [-0.4, -0.2) is 58.8 Å². The van der Waals surface area contributed by atoms with E-state index in [0.29, 0.717) is 29.0 Å². The number of carbonyl (C=O) groups is 1. The number of anilines is 1. The average Bonchev–Trinajstić information content (AvgIpc) is 2.54. The van der Waals surface area contributed by atoms with Crippen molar-refractivity contribution in [3.8, 4) is 0 Å². The van der Waals surface area contributed by atoms with E-state index in [-0.39, 0.29) is 11.1 Å². The summed E-state index contributed by atoms with van der Waals surface area (Å²) >= 11 is 0. The lowest BCUT2D eigenvalue weighted by molar-refractivity contribution is 0.0699. The highest BCUT2D eigenvalue weighted by Crippen LogP contribution is 2.29. The highest BCUT2D eigenvalue weighted by atomic mass is 16.4. The molecule has 1 N–H and O–H groups in total. The minimum atomic E-state index is -0.998. The smallest absolute Gasteiger partial charge is 0.336 e. The highest BCUT2D eigenvalue weighted by molar-refractivity contribution is 6.07. The predicted molar refractivity (Wildman–Crippen MR) is 93.1 cm³/mol. The Morgan fingerprint density at radius 3 is 2.50 bits per heavy atom. The number of nitrogens with zero attached hydrogens (tertiary/aromatic N) is 4. The summed E-state index contributed by atoms with van der Waals surface area (Å²) in [4.78, 5) is 33.1. The summed E-state index contributed by atoms with van der Waals surface area (Å²) in [5.41, 5.74) is 1.79. The molecule has 1 fully saturated rings. The van der Waals surface area contributed by atoms with E-state index in [2.05, 4.69) is 21.8 Å². The molecule has 3 rings (SSSR count). The molecule has 0 spiro atoms. The fourth-order valence-corrected chi connectivity index (χ4v) is 3.25. The maximum Gasteiger partial charge on any atom is 0.336 e. The van der Waals surface area contributed by atoms with Crippen molar-refractivity contribution in [1.82, 2.24) is 14.5 Å². The molecule has 0 saturated carbocycles. The third kappa shape index (κ3) is 2.75. The van der Waals surface area contributed by atoms with Gasteiger partial charge in [-0.3, -0.25) is 9.36 Å². The first-order chi connectivity index (χ1) is 11.4. The number of aromatic carboxylic acids is 1. The van der Waals surface area contributed by atoms with Gasteiger partial charge in [-0.05, 0) is 27.0 Å². The minimum absolute atomic E-state index is 0.145. The van der Waals surface area contributed by atoms with E-state index in [1.807, 2.05) is 6.92 Å². The lowest BCUT2D eigenvalue weighted by atomic mass is 10.1.